The summed E-state index contributed by atoms with van der Waals surface area (Å²) in [6.45, 7) is 8.75. The van der Waals surface area contributed by atoms with Crippen LogP contribution in [0, 0.1) is 6.92 Å². The second-order valence-electron chi connectivity index (χ2n) is 9.29. The number of aryl methyl sites for hydroxylation is 2. The fourth-order valence-electron chi connectivity index (χ4n) is 4.55. The van der Waals surface area contributed by atoms with E-state index in [4.69, 9.17) is 10.1 Å². The number of amides is 1. The van der Waals surface area contributed by atoms with Gasteiger partial charge in [0.25, 0.3) is 5.91 Å². The fourth-order valence-corrected chi connectivity index (χ4v) is 7.19. The number of pyridine rings is 1. The lowest BCUT2D eigenvalue weighted by Crippen LogP contribution is -2.21. The molecule has 0 bridgehead atoms. The fraction of sp³-hybridized carbons (Fsp3) is 0.522. The lowest BCUT2D eigenvalue weighted by molar-refractivity contribution is -0.112. The van der Waals surface area contributed by atoms with Gasteiger partial charge < -0.3 is 10.4 Å². The highest BCUT2D eigenvalue weighted by atomic mass is 32.2. The number of aliphatic hydroxyl groups is 1. The number of nitrogens with two attached hydrogens (primary N) is 1. The predicted molar refractivity (Wildman–Crippen MR) is 129 cm³/mol. The summed E-state index contributed by atoms with van der Waals surface area (Å²) < 4.78 is 13.3. The first-order valence-electron chi connectivity index (χ1n) is 10.9. The Bertz CT molecular complexity index is 1270. The lowest BCUT2D eigenvalue weighted by atomic mass is 10.0. The van der Waals surface area contributed by atoms with Gasteiger partial charge >= 0.3 is 0 Å². The maximum atomic E-state index is 13.2. The molecule has 2 aromatic heterocycles. The summed E-state index contributed by atoms with van der Waals surface area (Å²) in [5, 5.41) is 22.1. The van der Waals surface area contributed by atoms with Crippen LogP contribution in [-0.2, 0) is 39.4 Å². The van der Waals surface area contributed by atoms with Gasteiger partial charge in [0, 0.05) is 16.3 Å². The first-order chi connectivity index (χ1) is 14.9. The predicted octanol–water partition coefficient (Wildman–Crippen LogP) is 3.12. The highest BCUT2D eigenvalue weighted by Gasteiger charge is 2.30. The summed E-state index contributed by atoms with van der Waals surface area (Å²) >= 11 is 1.15. The van der Waals surface area contributed by atoms with Crippen molar-refractivity contribution >= 4 is 37.7 Å². The van der Waals surface area contributed by atoms with E-state index < -0.39 is 15.3 Å². The third-order valence-corrected chi connectivity index (χ3v) is 9.13. The van der Waals surface area contributed by atoms with Crippen molar-refractivity contribution in [3.63, 3.8) is 0 Å². The van der Waals surface area contributed by atoms with Crippen molar-refractivity contribution in [2.24, 2.45) is 5.14 Å². The molecule has 32 heavy (non-hydrogen) atoms. The Morgan fingerprint density at radius 2 is 2.00 bits per heavy atom. The van der Waals surface area contributed by atoms with Crippen LogP contribution < -0.4 is 10.5 Å². The van der Waals surface area contributed by atoms with E-state index >= 15 is 0 Å². The number of carbonyl (C=O) groups is 1. The van der Waals surface area contributed by atoms with Gasteiger partial charge in [0.15, 0.2) is 4.34 Å². The molecule has 7 nitrogen and oxygen atoms in total. The van der Waals surface area contributed by atoms with Gasteiger partial charge in [-0.2, -0.15) is 0 Å². The van der Waals surface area contributed by atoms with Crippen LogP contribution in [0.25, 0.3) is 0 Å². The van der Waals surface area contributed by atoms with Crippen LogP contribution in [0.2, 0.25) is 0 Å². The summed E-state index contributed by atoms with van der Waals surface area (Å²) in [5.41, 5.74) is 4.69. The van der Waals surface area contributed by atoms with Crippen LogP contribution >= 0.6 is 11.3 Å². The summed E-state index contributed by atoms with van der Waals surface area (Å²) in [6, 6.07) is 0. The van der Waals surface area contributed by atoms with E-state index in [0.717, 1.165) is 76.5 Å². The van der Waals surface area contributed by atoms with Gasteiger partial charge in [0.2, 0.25) is 0 Å². The number of rotatable bonds is 4. The number of thiazole rings is 1. The summed E-state index contributed by atoms with van der Waals surface area (Å²) in [7, 11) is -3.30. The summed E-state index contributed by atoms with van der Waals surface area (Å²) in [6.07, 6.45) is 4.79. The standard InChI is InChI=1S/C23H30N4O3S2/c1-12-9-10-16-18(12)25-17-8-6-7-15(17)19(16)26-21(28)13(2)11-32(24,30)22-27-20(14(3)31-22)23(4,5)29/h12,29H,6-10H2,1-5H3,(H2,24,30)(H,25,26,28). The number of hydrogen-bond acceptors (Lipinski definition) is 6. The first-order valence-corrected chi connectivity index (χ1v) is 13.3. The molecular weight excluding hydrogens is 444 g/mol. The largest absolute Gasteiger partial charge is 0.384 e. The Balaban J connectivity index is 1.72. The van der Waals surface area contributed by atoms with Crippen molar-refractivity contribution in [1.82, 2.24) is 9.97 Å². The number of anilines is 1. The Labute approximate surface area is 193 Å². The molecule has 0 spiro atoms. The lowest BCUT2D eigenvalue weighted by Gasteiger charge is -2.16. The van der Waals surface area contributed by atoms with Crippen molar-refractivity contribution in [3.8, 4) is 0 Å². The smallest absolute Gasteiger partial charge is 0.259 e. The topological polar surface area (TPSA) is 118 Å². The monoisotopic (exact) mass is 474 g/mol. The zero-order valence-electron chi connectivity index (χ0n) is 19.2. The second kappa shape index (κ2) is 8.08. The van der Waals surface area contributed by atoms with Crippen LogP contribution in [0.4, 0.5) is 5.69 Å². The number of nitrogens with zero attached hydrogens (tertiary/aromatic N) is 2. The van der Waals surface area contributed by atoms with Crippen LogP contribution in [0.5, 0.6) is 0 Å². The molecule has 4 N–H and O–H groups in total. The third-order valence-electron chi connectivity index (χ3n) is 6.15. The minimum absolute atomic E-state index is 0.151. The average Bonchev–Trinajstić information content (AvgIpc) is 3.40. The molecular formula is C23H30N4O3S2. The molecule has 9 heteroatoms. The molecule has 0 aromatic carbocycles. The van der Waals surface area contributed by atoms with Crippen LogP contribution in [-0.4, -0.2) is 30.2 Å². The molecule has 2 heterocycles. The van der Waals surface area contributed by atoms with E-state index in [-0.39, 0.29) is 15.8 Å². The Hall–Kier alpha value is -2.03. The zero-order valence-corrected chi connectivity index (χ0v) is 20.8. The molecule has 172 valence electrons. The molecule has 1 amide bonds. The minimum atomic E-state index is -3.30. The Morgan fingerprint density at radius 1 is 1.28 bits per heavy atom. The number of hydrogen-bond donors (Lipinski definition) is 3. The van der Waals surface area contributed by atoms with Gasteiger partial charge in [-0.1, -0.05) is 6.92 Å². The molecule has 4 rings (SSSR count). The third kappa shape index (κ3) is 4.16. The van der Waals surface area contributed by atoms with Crippen molar-refractivity contribution in [3.05, 3.63) is 38.7 Å². The molecule has 0 aliphatic heterocycles. The molecule has 2 atom stereocenters. The summed E-state index contributed by atoms with van der Waals surface area (Å²) in [5.74, 6) is 0.0110. The second-order valence-corrected chi connectivity index (χ2v) is 12.5. The van der Waals surface area contributed by atoms with Crippen molar-refractivity contribution < 1.29 is 14.1 Å². The SMILES string of the molecule is CC(=C=S(N)(=O)c1nc(C(C)(C)O)c(C)s1)C(=O)Nc1c2c(nc3c1CCC3C)CCC2. The van der Waals surface area contributed by atoms with Gasteiger partial charge in [-0.3, -0.25) is 9.78 Å². The van der Waals surface area contributed by atoms with Crippen LogP contribution in [0.15, 0.2) is 9.91 Å². The molecule has 2 unspecified atom stereocenters. The van der Waals surface area contributed by atoms with E-state index in [9.17, 15) is 14.1 Å². The van der Waals surface area contributed by atoms with Crippen molar-refractivity contribution in [1.29, 1.82) is 0 Å². The van der Waals surface area contributed by atoms with Crippen molar-refractivity contribution in [2.75, 3.05) is 5.32 Å². The molecule has 2 aromatic rings. The van der Waals surface area contributed by atoms with Gasteiger partial charge in [0.1, 0.15) is 15.3 Å². The van der Waals surface area contributed by atoms with Gasteiger partial charge in [-0.05, 0) is 81.9 Å². The van der Waals surface area contributed by atoms with E-state index in [1.54, 1.807) is 27.7 Å². The van der Waals surface area contributed by atoms with E-state index in [0.29, 0.717) is 11.6 Å². The molecule has 0 saturated heterocycles. The van der Waals surface area contributed by atoms with Crippen molar-refractivity contribution in [2.45, 2.75) is 82.6 Å². The van der Waals surface area contributed by atoms with Gasteiger partial charge in [-0.15, -0.1) is 11.3 Å². The zero-order chi connectivity index (χ0) is 23.4. The number of fused-ring (bicyclic) bond motifs is 2. The van der Waals surface area contributed by atoms with E-state index in [2.05, 4.69) is 22.2 Å². The van der Waals surface area contributed by atoms with Gasteiger partial charge in [0.05, 0.1) is 17.0 Å². The highest BCUT2D eigenvalue weighted by Crippen LogP contribution is 2.41. The Kier molecular flexibility index (Phi) is 5.84. The number of aromatic nitrogens is 2. The minimum Gasteiger partial charge on any atom is -0.384 e. The van der Waals surface area contributed by atoms with Gasteiger partial charge in [-0.25, -0.2) is 14.3 Å². The molecule has 0 radical (unpaired) electrons. The Morgan fingerprint density at radius 3 is 2.66 bits per heavy atom. The van der Waals surface area contributed by atoms with Crippen LogP contribution in [0.3, 0.4) is 0 Å². The highest BCUT2D eigenvalue weighted by molar-refractivity contribution is 8.00. The normalized spacial score (nSPS) is 19.2. The maximum Gasteiger partial charge on any atom is 0.259 e. The molecule has 0 fully saturated rings. The van der Waals surface area contributed by atoms with Crippen LogP contribution in [0.1, 0.15) is 79.5 Å². The summed E-state index contributed by atoms with van der Waals surface area (Å²) in [4.78, 5) is 23.0. The quantitative estimate of drug-likeness (QED) is 0.465. The molecule has 0 saturated carbocycles. The molecule has 2 aliphatic carbocycles. The van der Waals surface area contributed by atoms with E-state index in [1.807, 2.05) is 0 Å². The average molecular weight is 475 g/mol. The first kappa shape index (κ1) is 23.1. The number of nitrogens with one attached hydrogen (secondary N) is 1. The number of carbonyl (C=O) groups excluding carboxylic acids is 1. The maximum absolute atomic E-state index is 13.2. The molecule has 2 aliphatic rings. The van der Waals surface area contributed by atoms with E-state index in [1.165, 1.54) is 0 Å².